The Morgan fingerprint density at radius 2 is 1.70 bits per heavy atom. The molecule has 3 rings (SSSR count). The van der Waals surface area contributed by atoms with E-state index in [1.54, 1.807) is 0 Å². The molecule has 0 radical (unpaired) electrons. The molecule has 0 aliphatic heterocycles. The molecule has 178 valence electrons. The second-order valence-electron chi connectivity index (χ2n) is 7.69. The summed E-state index contributed by atoms with van der Waals surface area (Å²) < 4.78 is 39.6. The monoisotopic (exact) mass is 472 g/mol. The van der Waals surface area contributed by atoms with Crippen molar-refractivity contribution in [3.63, 3.8) is 0 Å². The van der Waals surface area contributed by atoms with Crippen LogP contribution in [-0.4, -0.2) is 55.5 Å². The van der Waals surface area contributed by atoms with Gasteiger partial charge in [0.15, 0.2) is 0 Å². The van der Waals surface area contributed by atoms with E-state index in [0.29, 0.717) is 18.9 Å². The second kappa shape index (κ2) is 12.6. The van der Waals surface area contributed by atoms with Crippen LogP contribution in [-0.2, 0) is 21.4 Å². The lowest BCUT2D eigenvalue weighted by atomic mass is 10.2. The molecule has 0 saturated carbocycles. The molecule has 33 heavy (non-hydrogen) atoms. The molecule has 3 aromatic rings. The predicted octanol–water partition coefficient (Wildman–Crippen LogP) is 3.65. The molecule has 1 aromatic heterocycles. The predicted molar refractivity (Wildman–Crippen MR) is 128 cm³/mol. The van der Waals surface area contributed by atoms with Gasteiger partial charge in [-0.05, 0) is 31.6 Å². The van der Waals surface area contributed by atoms with Crippen LogP contribution in [0.15, 0.2) is 65.2 Å². The van der Waals surface area contributed by atoms with Gasteiger partial charge >= 0.3 is 0 Å². The van der Waals surface area contributed by atoms with Crippen LogP contribution in [0.2, 0.25) is 0 Å². The molecule has 1 N–H and O–H groups in total. The Morgan fingerprint density at radius 1 is 1.03 bits per heavy atom. The van der Waals surface area contributed by atoms with Crippen LogP contribution in [0.25, 0.3) is 11.4 Å². The van der Waals surface area contributed by atoms with Gasteiger partial charge < -0.3 is 14.2 Å². The number of benzene rings is 2. The van der Waals surface area contributed by atoms with Crippen LogP contribution >= 0.6 is 0 Å². The van der Waals surface area contributed by atoms with Crippen LogP contribution in [0.5, 0.6) is 0 Å². The molecule has 1 heterocycles. The van der Waals surface area contributed by atoms with Crippen molar-refractivity contribution in [2.45, 2.75) is 32.9 Å². The van der Waals surface area contributed by atoms with Crippen molar-refractivity contribution < 1.29 is 17.7 Å². The third kappa shape index (κ3) is 8.04. The van der Waals surface area contributed by atoms with Crippen molar-refractivity contribution in [3.05, 3.63) is 72.1 Å². The van der Waals surface area contributed by atoms with Gasteiger partial charge in [0.2, 0.25) is 21.7 Å². The molecule has 0 fully saturated rings. The van der Waals surface area contributed by atoms with Gasteiger partial charge in [0.05, 0.1) is 19.0 Å². The van der Waals surface area contributed by atoms with Gasteiger partial charge in [0.25, 0.3) is 0 Å². The number of nitrogens with one attached hydrogen (secondary N) is 1. The van der Waals surface area contributed by atoms with E-state index >= 15 is 0 Å². The van der Waals surface area contributed by atoms with Gasteiger partial charge in [-0.1, -0.05) is 79.7 Å². The average Bonchev–Trinajstić information content (AvgIpc) is 3.33. The standard InChI is InChI=1S/C24H32N4O4S/c1-3-28(4-2)16-11-17-33(29,30)27-22(19-31-18-20-12-7-5-8-13-20)24-25-23(26-32-24)21-14-9-6-10-15-21/h5-10,12-15,22,27H,3-4,11,16-19H2,1-2H3/t22-/m1/s1. The minimum atomic E-state index is -3.58. The summed E-state index contributed by atoms with van der Waals surface area (Å²) in [6, 6.07) is 18.3. The zero-order valence-electron chi connectivity index (χ0n) is 19.2. The van der Waals surface area contributed by atoms with E-state index in [0.717, 1.165) is 30.8 Å². The Balaban J connectivity index is 1.69. The molecule has 0 aliphatic rings. The summed E-state index contributed by atoms with van der Waals surface area (Å²) in [5, 5.41) is 4.03. The summed E-state index contributed by atoms with van der Waals surface area (Å²) in [5.74, 6) is 0.590. The van der Waals surface area contributed by atoms with Crippen molar-refractivity contribution >= 4 is 10.0 Å². The quantitative estimate of drug-likeness (QED) is 0.382. The largest absolute Gasteiger partial charge is 0.375 e. The summed E-state index contributed by atoms with van der Waals surface area (Å²) in [4.78, 5) is 6.63. The number of hydrogen-bond donors (Lipinski definition) is 1. The summed E-state index contributed by atoms with van der Waals surface area (Å²) in [6.45, 7) is 7.06. The fraction of sp³-hybridized carbons (Fsp3) is 0.417. The molecule has 0 aliphatic carbocycles. The number of sulfonamides is 1. The van der Waals surface area contributed by atoms with Gasteiger partial charge in [0.1, 0.15) is 6.04 Å². The fourth-order valence-corrected chi connectivity index (χ4v) is 4.63. The maximum absolute atomic E-state index is 12.8. The van der Waals surface area contributed by atoms with Gasteiger partial charge in [-0.3, -0.25) is 0 Å². The molecule has 0 saturated heterocycles. The Labute approximate surface area is 196 Å². The molecule has 8 nitrogen and oxygen atoms in total. The molecular formula is C24H32N4O4S. The van der Waals surface area contributed by atoms with Crippen molar-refractivity contribution in [2.75, 3.05) is 32.0 Å². The molecular weight excluding hydrogens is 440 g/mol. The van der Waals surface area contributed by atoms with Crippen LogP contribution in [0.4, 0.5) is 0 Å². The highest BCUT2D eigenvalue weighted by atomic mass is 32.2. The van der Waals surface area contributed by atoms with Gasteiger partial charge in [-0.25, -0.2) is 13.1 Å². The van der Waals surface area contributed by atoms with Crippen LogP contribution in [0.1, 0.15) is 37.8 Å². The van der Waals surface area contributed by atoms with Crippen LogP contribution < -0.4 is 4.72 Å². The van der Waals surface area contributed by atoms with Gasteiger partial charge in [-0.15, -0.1) is 0 Å². The Hall–Kier alpha value is -2.59. The highest BCUT2D eigenvalue weighted by Crippen LogP contribution is 2.20. The van der Waals surface area contributed by atoms with E-state index in [9.17, 15) is 8.42 Å². The highest BCUT2D eigenvalue weighted by Gasteiger charge is 2.25. The number of hydrogen-bond acceptors (Lipinski definition) is 7. The second-order valence-corrected chi connectivity index (χ2v) is 9.57. The maximum atomic E-state index is 12.8. The van der Waals surface area contributed by atoms with E-state index in [1.165, 1.54) is 0 Å². The zero-order valence-corrected chi connectivity index (χ0v) is 20.0. The minimum absolute atomic E-state index is 0.0123. The summed E-state index contributed by atoms with van der Waals surface area (Å²) in [5.41, 5.74) is 1.78. The summed E-state index contributed by atoms with van der Waals surface area (Å²) >= 11 is 0. The maximum Gasteiger partial charge on any atom is 0.247 e. The Bertz CT molecular complexity index is 1050. The number of aromatic nitrogens is 2. The topological polar surface area (TPSA) is 97.6 Å². The van der Waals surface area contributed by atoms with E-state index in [-0.39, 0.29) is 18.3 Å². The summed E-state index contributed by atoms with van der Waals surface area (Å²) in [6.07, 6.45) is 0.535. The zero-order chi connectivity index (χ0) is 23.5. The molecule has 2 aromatic carbocycles. The molecule has 0 unspecified atom stereocenters. The lowest BCUT2D eigenvalue weighted by Gasteiger charge is -2.19. The number of ether oxygens (including phenoxy) is 1. The van der Waals surface area contributed by atoms with E-state index in [4.69, 9.17) is 9.26 Å². The fourth-order valence-electron chi connectivity index (χ4n) is 3.40. The van der Waals surface area contributed by atoms with E-state index in [1.807, 2.05) is 60.7 Å². The van der Waals surface area contributed by atoms with E-state index < -0.39 is 16.1 Å². The number of nitrogens with zero attached hydrogens (tertiary/aromatic N) is 3. The first kappa shape index (κ1) is 25.0. The smallest absolute Gasteiger partial charge is 0.247 e. The third-order valence-corrected chi connectivity index (χ3v) is 6.74. The summed E-state index contributed by atoms with van der Waals surface area (Å²) in [7, 11) is -3.58. The van der Waals surface area contributed by atoms with Gasteiger partial charge in [-0.2, -0.15) is 4.98 Å². The Kier molecular flexibility index (Phi) is 9.56. The number of rotatable bonds is 14. The first-order valence-corrected chi connectivity index (χ1v) is 12.9. The van der Waals surface area contributed by atoms with Crippen molar-refractivity contribution in [3.8, 4) is 11.4 Å². The van der Waals surface area contributed by atoms with Crippen molar-refractivity contribution in [1.29, 1.82) is 0 Å². The normalized spacial score (nSPS) is 12.8. The molecule has 9 heteroatoms. The van der Waals surface area contributed by atoms with Crippen molar-refractivity contribution in [2.24, 2.45) is 0 Å². The highest BCUT2D eigenvalue weighted by molar-refractivity contribution is 7.89. The van der Waals surface area contributed by atoms with Crippen molar-refractivity contribution in [1.82, 2.24) is 19.8 Å². The van der Waals surface area contributed by atoms with Crippen LogP contribution in [0, 0.1) is 0 Å². The molecule has 1 atom stereocenters. The lowest BCUT2D eigenvalue weighted by Crippen LogP contribution is -2.35. The molecule has 0 amide bonds. The van der Waals surface area contributed by atoms with Gasteiger partial charge in [0, 0.05) is 5.56 Å². The SMILES string of the molecule is CCN(CC)CCCS(=O)(=O)N[C@H](COCc1ccccc1)c1nc(-c2ccccc2)no1. The minimum Gasteiger partial charge on any atom is -0.375 e. The van der Waals surface area contributed by atoms with Crippen LogP contribution in [0.3, 0.4) is 0 Å². The Morgan fingerprint density at radius 3 is 2.36 bits per heavy atom. The van der Waals surface area contributed by atoms with E-state index in [2.05, 4.69) is 33.6 Å². The third-order valence-electron chi connectivity index (χ3n) is 5.27. The first-order valence-electron chi connectivity index (χ1n) is 11.2. The first-order chi connectivity index (χ1) is 16.0. The molecule has 0 bridgehead atoms. The average molecular weight is 473 g/mol. The molecule has 0 spiro atoms. The lowest BCUT2D eigenvalue weighted by molar-refractivity contribution is 0.0954.